The topological polar surface area (TPSA) is 38.7 Å². The molecule has 0 saturated heterocycles. The van der Waals surface area contributed by atoms with E-state index in [1.54, 1.807) is 0 Å². The van der Waals surface area contributed by atoms with Crippen molar-refractivity contribution in [2.24, 2.45) is 4.99 Å². The van der Waals surface area contributed by atoms with E-state index in [0.29, 0.717) is 11.6 Å². The highest BCUT2D eigenvalue weighted by molar-refractivity contribution is 14.1. The summed E-state index contributed by atoms with van der Waals surface area (Å²) in [5, 5.41) is 4.42. The van der Waals surface area contributed by atoms with Gasteiger partial charge in [0, 0.05) is 9.13 Å². The fraction of sp³-hybridized carbons (Fsp3) is 0. The number of fused-ring (bicyclic) bond motifs is 2. The minimum absolute atomic E-state index is 0.315. The Hall–Kier alpha value is -2.99. The predicted octanol–water partition coefficient (Wildman–Crippen LogP) is 5.94. The molecule has 0 bridgehead atoms. The summed E-state index contributed by atoms with van der Waals surface area (Å²) in [4.78, 5) is 17.0. The van der Waals surface area contributed by atoms with Crippen molar-refractivity contribution in [2.75, 3.05) is 0 Å². The molecule has 0 aliphatic carbocycles. The molecule has 28 heavy (non-hydrogen) atoms. The van der Waals surface area contributed by atoms with Gasteiger partial charge in [-0.15, -0.1) is 0 Å². The molecule has 5 rings (SSSR count). The zero-order chi connectivity index (χ0) is 19.1. The molecular formula is C24H14INO2. The van der Waals surface area contributed by atoms with Crippen LogP contribution in [0.5, 0.6) is 0 Å². The summed E-state index contributed by atoms with van der Waals surface area (Å²) in [5.41, 5.74) is 2.09. The first-order chi connectivity index (χ1) is 13.7. The van der Waals surface area contributed by atoms with E-state index in [4.69, 9.17) is 4.74 Å². The number of ether oxygens (including phenoxy) is 1. The molecule has 0 spiro atoms. The third kappa shape index (κ3) is 2.99. The van der Waals surface area contributed by atoms with Crippen LogP contribution in [-0.4, -0.2) is 11.9 Å². The van der Waals surface area contributed by atoms with E-state index in [2.05, 4.69) is 57.9 Å². The highest BCUT2D eigenvalue weighted by Gasteiger charge is 2.24. The fourth-order valence-corrected chi connectivity index (χ4v) is 3.83. The van der Waals surface area contributed by atoms with Gasteiger partial charge < -0.3 is 4.74 Å². The van der Waals surface area contributed by atoms with Crippen LogP contribution in [0, 0.1) is 3.57 Å². The zero-order valence-corrected chi connectivity index (χ0v) is 16.9. The van der Waals surface area contributed by atoms with Crippen LogP contribution in [-0.2, 0) is 9.53 Å². The second-order valence-corrected chi connectivity index (χ2v) is 7.82. The first-order valence-electron chi connectivity index (χ1n) is 8.88. The number of rotatable bonds is 2. The molecular weight excluding hydrogens is 461 g/mol. The van der Waals surface area contributed by atoms with Gasteiger partial charge in [0.05, 0.1) is 0 Å². The lowest BCUT2D eigenvalue weighted by Crippen LogP contribution is -2.05. The Labute approximate surface area is 175 Å². The normalized spacial score (nSPS) is 15.2. The van der Waals surface area contributed by atoms with Gasteiger partial charge in [-0.2, -0.15) is 0 Å². The molecule has 1 heterocycles. The second-order valence-electron chi connectivity index (χ2n) is 6.58. The van der Waals surface area contributed by atoms with Crippen molar-refractivity contribution in [1.82, 2.24) is 0 Å². The van der Waals surface area contributed by atoms with Crippen molar-refractivity contribution in [3.63, 3.8) is 0 Å². The third-order valence-electron chi connectivity index (χ3n) is 4.81. The summed E-state index contributed by atoms with van der Waals surface area (Å²) < 4.78 is 6.55. The Morgan fingerprint density at radius 1 is 0.821 bits per heavy atom. The molecule has 134 valence electrons. The van der Waals surface area contributed by atoms with Gasteiger partial charge >= 0.3 is 5.97 Å². The van der Waals surface area contributed by atoms with E-state index in [-0.39, 0.29) is 0 Å². The highest BCUT2D eigenvalue weighted by Crippen LogP contribution is 2.31. The van der Waals surface area contributed by atoms with Gasteiger partial charge in [0.1, 0.15) is 0 Å². The van der Waals surface area contributed by atoms with Crippen molar-refractivity contribution in [3.05, 3.63) is 99.3 Å². The van der Waals surface area contributed by atoms with Gasteiger partial charge in [0.2, 0.25) is 5.90 Å². The average Bonchev–Trinajstić information content (AvgIpc) is 3.08. The van der Waals surface area contributed by atoms with Gasteiger partial charge in [0.15, 0.2) is 5.70 Å². The molecule has 1 aliphatic rings. The number of aliphatic imine (C=N–C) groups is 1. The number of benzene rings is 4. The maximum Gasteiger partial charge on any atom is 0.363 e. The molecule has 1 aliphatic heterocycles. The summed E-state index contributed by atoms with van der Waals surface area (Å²) in [6.45, 7) is 0. The zero-order valence-electron chi connectivity index (χ0n) is 14.7. The van der Waals surface area contributed by atoms with Gasteiger partial charge in [-0.25, -0.2) is 9.79 Å². The summed E-state index contributed by atoms with van der Waals surface area (Å²) in [7, 11) is 0. The van der Waals surface area contributed by atoms with Crippen molar-refractivity contribution in [3.8, 4) is 0 Å². The van der Waals surface area contributed by atoms with Crippen molar-refractivity contribution >= 4 is 62.1 Å². The molecule has 4 heteroatoms. The number of halogens is 1. The Kier molecular flexibility index (Phi) is 4.20. The van der Waals surface area contributed by atoms with Crippen molar-refractivity contribution < 1.29 is 9.53 Å². The predicted molar refractivity (Wildman–Crippen MR) is 121 cm³/mol. The summed E-state index contributed by atoms with van der Waals surface area (Å²) in [6.07, 6.45) is 1.84. The molecule has 0 unspecified atom stereocenters. The van der Waals surface area contributed by atoms with E-state index in [9.17, 15) is 4.79 Å². The molecule has 4 aromatic rings. The molecule has 4 aromatic carbocycles. The molecule has 0 atom stereocenters. The molecule has 0 aromatic heterocycles. The Morgan fingerprint density at radius 2 is 1.43 bits per heavy atom. The molecule has 0 fully saturated rings. The maximum absolute atomic E-state index is 12.5. The maximum atomic E-state index is 12.5. The molecule has 0 saturated carbocycles. The molecule has 0 amide bonds. The Balaban J connectivity index is 1.70. The smallest absolute Gasteiger partial charge is 0.363 e. The molecule has 3 nitrogen and oxygen atoms in total. The lowest BCUT2D eigenvalue weighted by atomic mass is 9.96. The van der Waals surface area contributed by atoms with Crippen molar-refractivity contribution in [1.29, 1.82) is 0 Å². The van der Waals surface area contributed by atoms with Crippen LogP contribution in [0.4, 0.5) is 0 Å². The number of hydrogen-bond donors (Lipinski definition) is 0. The van der Waals surface area contributed by atoms with Crippen LogP contribution >= 0.6 is 22.6 Å². The lowest BCUT2D eigenvalue weighted by Gasteiger charge is -2.08. The van der Waals surface area contributed by atoms with Crippen LogP contribution in [0.2, 0.25) is 0 Å². The fourth-order valence-electron chi connectivity index (χ4n) is 3.47. The van der Waals surface area contributed by atoms with E-state index >= 15 is 0 Å². The minimum atomic E-state index is -0.425. The van der Waals surface area contributed by atoms with Gasteiger partial charge in [-0.1, -0.05) is 48.5 Å². The Bertz CT molecular complexity index is 1250. The number of cyclic esters (lactones) is 1. The van der Waals surface area contributed by atoms with Crippen molar-refractivity contribution in [2.45, 2.75) is 0 Å². The quantitative estimate of drug-likeness (QED) is 0.156. The number of carbonyl (C=O) groups excluding carboxylic acids is 1. The summed E-state index contributed by atoms with van der Waals surface area (Å²) in [6, 6.07) is 26.3. The van der Waals surface area contributed by atoms with Crippen LogP contribution in [0.3, 0.4) is 0 Å². The number of esters is 1. The molecule has 0 N–H and O–H groups in total. The van der Waals surface area contributed by atoms with Gasteiger partial charge in [0.25, 0.3) is 0 Å². The minimum Gasteiger partial charge on any atom is -0.402 e. The van der Waals surface area contributed by atoms with E-state index in [1.807, 2.05) is 54.6 Å². The van der Waals surface area contributed by atoms with E-state index in [0.717, 1.165) is 36.2 Å². The van der Waals surface area contributed by atoms with Crippen LogP contribution in [0.15, 0.2) is 89.6 Å². The van der Waals surface area contributed by atoms with E-state index in [1.165, 1.54) is 0 Å². The summed E-state index contributed by atoms with van der Waals surface area (Å²) >= 11 is 2.24. The van der Waals surface area contributed by atoms with Crippen LogP contribution in [0.1, 0.15) is 11.1 Å². The van der Waals surface area contributed by atoms with E-state index < -0.39 is 5.97 Å². The highest BCUT2D eigenvalue weighted by atomic mass is 127. The SMILES string of the molecule is O=C1OC(c2ccc(I)cc2)=N/C1=C\c1c2ccccc2cc2ccccc12. The average molecular weight is 475 g/mol. The second kappa shape index (κ2) is 6.87. The van der Waals surface area contributed by atoms with Crippen LogP contribution in [0.25, 0.3) is 27.6 Å². The Morgan fingerprint density at radius 3 is 2.07 bits per heavy atom. The first kappa shape index (κ1) is 17.1. The largest absolute Gasteiger partial charge is 0.402 e. The number of nitrogens with zero attached hydrogens (tertiary/aromatic N) is 1. The van der Waals surface area contributed by atoms with Gasteiger partial charge in [-0.3, -0.25) is 0 Å². The molecule has 0 radical (unpaired) electrons. The number of carbonyl (C=O) groups is 1. The number of hydrogen-bond acceptors (Lipinski definition) is 3. The van der Waals surface area contributed by atoms with Crippen LogP contribution < -0.4 is 0 Å². The monoisotopic (exact) mass is 475 g/mol. The first-order valence-corrected chi connectivity index (χ1v) is 9.96. The van der Waals surface area contributed by atoms with Gasteiger partial charge in [-0.05, 0) is 86.1 Å². The standard InChI is InChI=1S/C24H14INO2/c25-18-11-9-15(10-12-18)23-26-22(24(27)28-23)14-21-19-7-3-1-5-16(19)13-17-6-2-4-8-20(17)21/h1-14H/b22-14-. The summed E-state index contributed by atoms with van der Waals surface area (Å²) in [5.74, 6) is -0.0808. The third-order valence-corrected chi connectivity index (χ3v) is 5.52. The lowest BCUT2D eigenvalue weighted by molar-refractivity contribution is -0.129.